The summed E-state index contributed by atoms with van der Waals surface area (Å²) in [5.41, 5.74) is 0. The summed E-state index contributed by atoms with van der Waals surface area (Å²) in [6, 6.07) is -0.681. The fourth-order valence-electron chi connectivity index (χ4n) is 4.18. The van der Waals surface area contributed by atoms with Gasteiger partial charge < -0.3 is 14.7 Å². The van der Waals surface area contributed by atoms with Crippen LogP contribution in [0.5, 0.6) is 0 Å². The number of rotatable bonds is 13. The van der Waals surface area contributed by atoms with E-state index >= 15 is 0 Å². The molecule has 2 aliphatic rings. The molecule has 1 heterocycles. The van der Waals surface area contributed by atoms with Gasteiger partial charge in [0.05, 0.1) is 6.10 Å². The summed E-state index contributed by atoms with van der Waals surface area (Å²) in [4.78, 5) is 25.9. The minimum absolute atomic E-state index is 0.190. The van der Waals surface area contributed by atoms with Gasteiger partial charge in [-0.15, -0.1) is 0 Å². The number of urea groups is 1. The molecule has 6 heteroatoms. The Bertz CT molecular complexity index is 451. The number of imide groups is 1. The van der Waals surface area contributed by atoms with Gasteiger partial charge in [-0.2, -0.15) is 0 Å². The minimum atomic E-state index is -0.377. The molecule has 2 fully saturated rings. The number of hydrogen-bond donors (Lipinski definition) is 2. The summed E-state index contributed by atoms with van der Waals surface area (Å²) in [6.45, 7) is 5.97. The van der Waals surface area contributed by atoms with Crippen molar-refractivity contribution >= 4 is 11.9 Å². The first kappa shape index (κ1) is 22.2. The summed E-state index contributed by atoms with van der Waals surface area (Å²) >= 11 is 0. The lowest BCUT2D eigenvalue weighted by atomic mass is 9.84. The highest BCUT2D eigenvalue weighted by molar-refractivity contribution is 6.04. The largest absolute Gasteiger partial charge is 0.393 e. The minimum Gasteiger partial charge on any atom is -0.393 e. The van der Waals surface area contributed by atoms with E-state index in [1.165, 1.54) is 19.3 Å². The smallest absolute Gasteiger partial charge is 0.324 e. The normalized spacial score (nSPS) is 22.3. The van der Waals surface area contributed by atoms with Crippen LogP contribution in [0.15, 0.2) is 0 Å². The molecule has 0 spiro atoms. The molecule has 1 aliphatic heterocycles. The lowest BCUT2D eigenvalue weighted by molar-refractivity contribution is -0.121. The first-order valence-electron chi connectivity index (χ1n) is 10.8. The van der Waals surface area contributed by atoms with Crippen molar-refractivity contribution in [3.8, 4) is 0 Å². The first-order valence-corrected chi connectivity index (χ1v) is 10.8. The SMILES string of the molecule is CCO[C]CCCCCCC1C(=O)NC(=O)N1CCC(O)C1CCCCC1. The molecule has 2 rings (SSSR count). The van der Waals surface area contributed by atoms with Gasteiger partial charge >= 0.3 is 6.03 Å². The van der Waals surface area contributed by atoms with Crippen LogP contribution in [-0.2, 0) is 9.53 Å². The van der Waals surface area contributed by atoms with Gasteiger partial charge in [0, 0.05) is 13.2 Å². The zero-order valence-corrected chi connectivity index (χ0v) is 16.8. The van der Waals surface area contributed by atoms with Gasteiger partial charge in [-0.25, -0.2) is 4.79 Å². The summed E-state index contributed by atoms with van der Waals surface area (Å²) in [5.74, 6) is 0.161. The van der Waals surface area contributed by atoms with Crippen molar-refractivity contribution in [2.45, 2.75) is 96.1 Å². The molecule has 2 atom stereocenters. The number of hydrogen-bond acceptors (Lipinski definition) is 4. The lowest BCUT2D eigenvalue weighted by Crippen LogP contribution is -2.38. The number of ether oxygens (including phenoxy) is 1. The molecule has 3 amide bonds. The molecule has 1 saturated heterocycles. The van der Waals surface area contributed by atoms with Gasteiger partial charge in [-0.05, 0) is 44.9 Å². The summed E-state index contributed by atoms with van der Waals surface area (Å²) < 4.78 is 5.08. The predicted octanol–water partition coefficient (Wildman–Crippen LogP) is 3.65. The van der Waals surface area contributed by atoms with Crippen LogP contribution in [0.4, 0.5) is 4.79 Å². The number of nitrogens with zero attached hydrogens (tertiary/aromatic N) is 1. The number of carbonyl (C=O) groups excluding carboxylic acids is 2. The fraction of sp³-hybridized carbons (Fsp3) is 0.857. The van der Waals surface area contributed by atoms with E-state index in [0.717, 1.165) is 44.9 Å². The highest BCUT2D eigenvalue weighted by atomic mass is 16.5. The van der Waals surface area contributed by atoms with Crippen LogP contribution in [0.2, 0.25) is 0 Å². The monoisotopic (exact) mass is 380 g/mol. The molecule has 2 unspecified atom stereocenters. The Morgan fingerprint density at radius 1 is 1.19 bits per heavy atom. The van der Waals surface area contributed by atoms with Crippen molar-refractivity contribution in [3.63, 3.8) is 0 Å². The zero-order valence-electron chi connectivity index (χ0n) is 16.8. The van der Waals surface area contributed by atoms with Crippen molar-refractivity contribution < 1.29 is 19.4 Å². The molecule has 1 aliphatic carbocycles. The van der Waals surface area contributed by atoms with Crippen LogP contribution in [0.3, 0.4) is 0 Å². The van der Waals surface area contributed by atoms with Crippen LogP contribution in [0.25, 0.3) is 0 Å². The molecule has 0 aromatic carbocycles. The molecule has 0 aromatic heterocycles. The van der Waals surface area contributed by atoms with Crippen molar-refractivity contribution in [2.24, 2.45) is 5.92 Å². The van der Waals surface area contributed by atoms with Gasteiger partial charge in [0.1, 0.15) is 12.6 Å². The van der Waals surface area contributed by atoms with E-state index in [0.29, 0.717) is 31.9 Å². The van der Waals surface area contributed by atoms with Crippen LogP contribution in [0, 0.1) is 12.5 Å². The number of nitrogens with one attached hydrogen (secondary N) is 1. The van der Waals surface area contributed by atoms with E-state index in [-0.39, 0.29) is 24.1 Å². The maximum absolute atomic E-state index is 12.1. The Morgan fingerprint density at radius 3 is 2.67 bits per heavy atom. The Balaban J connectivity index is 1.67. The van der Waals surface area contributed by atoms with E-state index in [2.05, 4.69) is 11.9 Å². The van der Waals surface area contributed by atoms with Crippen LogP contribution < -0.4 is 5.32 Å². The molecule has 1 saturated carbocycles. The molecule has 154 valence electrons. The molecule has 2 N–H and O–H groups in total. The van der Waals surface area contributed by atoms with Gasteiger partial charge in [0.2, 0.25) is 0 Å². The Labute approximate surface area is 164 Å². The summed E-state index contributed by atoms with van der Waals surface area (Å²) in [5, 5.41) is 12.9. The second-order valence-electron chi connectivity index (χ2n) is 7.79. The molecule has 6 nitrogen and oxygen atoms in total. The van der Waals surface area contributed by atoms with Crippen molar-refractivity contribution in [3.05, 3.63) is 6.61 Å². The van der Waals surface area contributed by atoms with E-state index in [4.69, 9.17) is 4.74 Å². The maximum Gasteiger partial charge on any atom is 0.324 e. The van der Waals surface area contributed by atoms with Gasteiger partial charge in [0.25, 0.3) is 5.91 Å². The van der Waals surface area contributed by atoms with Crippen LogP contribution in [0.1, 0.15) is 84.0 Å². The van der Waals surface area contributed by atoms with E-state index in [1.54, 1.807) is 4.90 Å². The second-order valence-corrected chi connectivity index (χ2v) is 7.79. The molecule has 27 heavy (non-hydrogen) atoms. The highest BCUT2D eigenvalue weighted by Crippen LogP contribution is 2.28. The molecular weight excluding hydrogens is 344 g/mol. The Hall–Kier alpha value is -1.14. The van der Waals surface area contributed by atoms with Crippen molar-refractivity contribution in [1.82, 2.24) is 10.2 Å². The van der Waals surface area contributed by atoms with E-state index in [9.17, 15) is 14.7 Å². The number of aliphatic hydroxyl groups is 1. The average Bonchev–Trinajstić information content (AvgIpc) is 2.95. The highest BCUT2D eigenvalue weighted by Gasteiger charge is 2.38. The van der Waals surface area contributed by atoms with Gasteiger partial charge in [-0.3, -0.25) is 10.1 Å². The topological polar surface area (TPSA) is 78.9 Å². The number of amides is 3. The third-order valence-corrected chi connectivity index (χ3v) is 5.78. The third-order valence-electron chi connectivity index (χ3n) is 5.78. The number of aliphatic hydroxyl groups excluding tert-OH is 1. The Morgan fingerprint density at radius 2 is 1.93 bits per heavy atom. The van der Waals surface area contributed by atoms with Crippen molar-refractivity contribution in [2.75, 3.05) is 13.2 Å². The van der Waals surface area contributed by atoms with Gasteiger partial charge in [-0.1, -0.05) is 44.9 Å². The fourth-order valence-corrected chi connectivity index (χ4v) is 4.18. The standard InChI is InChI=1S/C21H36N2O4/c1-2-27-16-10-5-3-4-9-13-18-20(25)22-21(26)23(18)15-14-19(24)17-11-7-6-8-12-17/h17-19,24H,2-15H2,1H3,(H,22,25,26). The summed E-state index contributed by atoms with van der Waals surface area (Å²) in [7, 11) is 0. The predicted molar refractivity (Wildman–Crippen MR) is 104 cm³/mol. The van der Waals surface area contributed by atoms with Gasteiger partial charge in [0.15, 0.2) is 0 Å². The molecule has 0 bridgehead atoms. The lowest BCUT2D eigenvalue weighted by Gasteiger charge is -2.29. The number of carbonyl (C=O) groups is 2. The second kappa shape index (κ2) is 12.3. The summed E-state index contributed by atoms with van der Waals surface area (Å²) in [6.07, 6.45) is 11.6. The number of unbranched alkanes of at least 4 members (excludes halogenated alkanes) is 4. The maximum atomic E-state index is 12.1. The molecule has 2 radical (unpaired) electrons. The van der Waals surface area contributed by atoms with Crippen molar-refractivity contribution in [1.29, 1.82) is 0 Å². The Kier molecular flexibility index (Phi) is 10.1. The zero-order chi connectivity index (χ0) is 19.5. The quantitative estimate of drug-likeness (QED) is 0.378. The van der Waals surface area contributed by atoms with E-state index in [1.807, 2.05) is 6.92 Å². The first-order chi connectivity index (χ1) is 13.1. The molecular formula is C21H36N2O4. The van der Waals surface area contributed by atoms with E-state index < -0.39 is 0 Å². The average molecular weight is 381 g/mol. The van der Waals surface area contributed by atoms with Crippen LogP contribution in [-0.4, -0.2) is 47.2 Å². The third kappa shape index (κ3) is 7.41. The molecule has 0 aromatic rings. The van der Waals surface area contributed by atoms with Crippen LogP contribution >= 0.6 is 0 Å².